The number of unbranched alkanes of at least 4 members (excludes halogenated alkanes) is 1. The number of likely N-dealkylation sites (tertiary alicyclic amines) is 1. The van der Waals surface area contributed by atoms with Gasteiger partial charge in [-0.2, -0.15) is 0 Å². The molecule has 0 bridgehead atoms. The largest absolute Gasteiger partial charge is 0.393 e. The maximum absolute atomic E-state index is 12.0. The van der Waals surface area contributed by atoms with E-state index in [2.05, 4.69) is 6.92 Å². The van der Waals surface area contributed by atoms with Crippen molar-refractivity contribution in [1.82, 2.24) is 4.90 Å². The van der Waals surface area contributed by atoms with Crippen molar-refractivity contribution in [2.24, 2.45) is 0 Å². The van der Waals surface area contributed by atoms with Gasteiger partial charge in [-0.3, -0.25) is 4.79 Å². The van der Waals surface area contributed by atoms with Crippen LogP contribution in [0.25, 0.3) is 0 Å². The summed E-state index contributed by atoms with van der Waals surface area (Å²) in [6, 6.07) is 0. The molecule has 4 heteroatoms. The van der Waals surface area contributed by atoms with E-state index in [9.17, 15) is 9.90 Å². The molecule has 0 spiro atoms. The molecule has 0 aliphatic carbocycles. The van der Waals surface area contributed by atoms with Gasteiger partial charge in [0.05, 0.1) is 11.4 Å². The van der Waals surface area contributed by atoms with Crippen molar-refractivity contribution in [1.29, 1.82) is 0 Å². The number of aliphatic hydroxyl groups is 1. The van der Waals surface area contributed by atoms with Gasteiger partial charge in [0.15, 0.2) is 0 Å². The molecule has 1 fully saturated rings. The molecule has 0 aromatic rings. The second-order valence-corrected chi connectivity index (χ2v) is 5.87. The van der Waals surface area contributed by atoms with Crippen LogP contribution in [-0.4, -0.2) is 46.1 Å². The lowest BCUT2D eigenvalue weighted by molar-refractivity contribution is -0.132. The van der Waals surface area contributed by atoms with E-state index in [1.165, 1.54) is 12.8 Å². The third kappa shape index (κ3) is 4.34. The molecular weight excluding hydrogens is 222 g/mol. The highest BCUT2D eigenvalue weighted by molar-refractivity contribution is 8.00. The summed E-state index contributed by atoms with van der Waals surface area (Å²) in [5.41, 5.74) is 0. The van der Waals surface area contributed by atoms with Crippen molar-refractivity contribution in [3.63, 3.8) is 0 Å². The summed E-state index contributed by atoms with van der Waals surface area (Å²) in [5.74, 6) is 1.31. The second kappa shape index (κ2) is 7.17. The van der Waals surface area contributed by atoms with Gasteiger partial charge in [-0.25, -0.2) is 0 Å². The number of carbonyl (C=O) groups excluding carboxylic acids is 1. The Morgan fingerprint density at radius 1 is 1.50 bits per heavy atom. The van der Waals surface area contributed by atoms with Gasteiger partial charge < -0.3 is 10.0 Å². The minimum atomic E-state index is -0.202. The second-order valence-electron chi connectivity index (χ2n) is 4.42. The number of rotatable bonds is 5. The normalized spacial score (nSPS) is 19.8. The van der Waals surface area contributed by atoms with Crippen LogP contribution >= 0.6 is 11.8 Å². The van der Waals surface area contributed by atoms with Crippen molar-refractivity contribution in [2.75, 3.05) is 18.8 Å². The summed E-state index contributed by atoms with van der Waals surface area (Å²) in [6.07, 6.45) is 3.63. The quantitative estimate of drug-likeness (QED) is 0.752. The van der Waals surface area contributed by atoms with E-state index in [4.69, 9.17) is 0 Å². The fourth-order valence-corrected chi connectivity index (χ4v) is 2.92. The molecule has 0 saturated carbocycles. The van der Waals surface area contributed by atoms with Gasteiger partial charge in [0, 0.05) is 13.1 Å². The molecular formula is C12H23NO2S. The molecule has 0 radical (unpaired) electrons. The number of thioether (sulfide) groups is 1. The highest BCUT2D eigenvalue weighted by Gasteiger charge is 2.24. The number of aliphatic hydroxyl groups excluding tert-OH is 1. The van der Waals surface area contributed by atoms with Crippen LogP contribution < -0.4 is 0 Å². The Labute approximate surface area is 103 Å². The lowest BCUT2D eigenvalue weighted by Gasteiger charge is -2.31. The van der Waals surface area contributed by atoms with Crippen LogP contribution in [0.5, 0.6) is 0 Å². The summed E-state index contributed by atoms with van der Waals surface area (Å²) in [6.45, 7) is 5.60. The first-order chi connectivity index (χ1) is 7.65. The molecule has 0 aromatic carbocycles. The van der Waals surface area contributed by atoms with Gasteiger partial charge in [-0.05, 0) is 31.9 Å². The van der Waals surface area contributed by atoms with Crippen LogP contribution in [0.2, 0.25) is 0 Å². The van der Waals surface area contributed by atoms with Crippen LogP contribution in [0.15, 0.2) is 0 Å². The molecule has 1 aliphatic heterocycles. The van der Waals surface area contributed by atoms with Crippen LogP contribution in [-0.2, 0) is 4.79 Å². The van der Waals surface area contributed by atoms with E-state index in [1.54, 1.807) is 11.8 Å². The van der Waals surface area contributed by atoms with Gasteiger partial charge in [0.2, 0.25) is 5.91 Å². The lowest BCUT2D eigenvalue weighted by Crippen LogP contribution is -2.43. The number of hydrogen-bond acceptors (Lipinski definition) is 3. The molecule has 1 saturated heterocycles. The van der Waals surface area contributed by atoms with E-state index < -0.39 is 0 Å². The Morgan fingerprint density at radius 3 is 2.69 bits per heavy atom. The molecule has 0 unspecified atom stereocenters. The third-order valence-corrected chi connectivity index (χ3v) is 4.22. The Balaban J connectivity index is 2.27. The predicted molar refractivity (Wildman–Crippen MR) is 68.6 cm³/mol. The van der Waals surface area contributed by atoms with E-state index in [-0.39, 0.29) is 17.3 Å². The Morgan fingerprint density at radius 2 is 2.12 bits per heavy atom. The van der Waals surface area contributed by atoms with Crippen molar-refractivity contribution in [3.05, 3.63) is 0 Å². The van der Waals surface area contributed by atoms with E-state index in [0.717, 1.165) is 31.7 Å². The van der Waals surface area contributed by atoms with E-state index in [1.807, 2.05) is 11.8 Å². The molecule has 0 aromatic heterocycles. The Hall–Kier alpha value is -0.220. The summed E-state index contributed by atoms with van der Waals surface area (Å²) in [7, 11) is 0. The van der Waals surface area contributed by atoms with Gasteiger partial charge in [0.1, 0.15) is 0 Å². The number of hydrogen-bond donors (Lipinski definition) is 1. The number of carbonyl (C=O) groups is 1. The third-order valence-electron chi connectivity index (χ3n) is 2.99. The molecule has 1 N–H and O–H groups in total. The zero-order valence-electron chi connectivity index (χ0n) is 10.3. The molecule has 16 heavy (non-hydrogen) atoms. The van der Waals surface area contributed by atoms with Crippen molar-refractivity contribution in [3.8, 4) is 0 Å². The van der Waals surface area contributed by atoms with Gasteiger partial charge in [0.25, 0.3) is 0 Å². The smallest absolute Gasteiger partial charge is 0.235 e. The molecule has 1 aliphatic rings. The Kier molecular flexibility index (Phi) is 6.21. The van der Waals surface area contributed by atoms with E-state index in [0.29, 0.717) is 0 Å². The zero-order chi connectivity index (χ0) is 12.0. The van der Waals surface area contributed by atoms with E-state index >= 15 is 0 Å². The van der Waals surface area contributed by atoms with Crippen LogP contribution in [0.4, 0.5) is 0 Å². The maximum atomic E-state index is 12.0. The first-order valence-electron chi connectivity index (χ1n) is 6.23. The minimum Gasteiger partial charge on any atom is -0.393 e. The molecule has 94 valence electrons. The molecule has 1 heterocycles. The first kappa shape index (κ1) is 13.8. The number of amides is 1. The monoisotopic (exact) mass is 245 g/mol. The zero-order valence-corrected chi connectivity index (χ0v) is 11.1. The summed E-state index contributed by atoms with van der Waals surface area (Å²) >= 11 is 1.75. The SMILES string of the molecule is CCCCS[C@@H](C)C(=O)N1CCC(O)CC1. The average Bonchev–Trinajstić information content (AvgIpc) is 2.29. The molecule has 3 nitrogen and oxygen atoms in total. The fraction of sp³-hybridized carbons (Fsp3) is 0.917. The summed E-state index contributed by atoms with van der Waals surface area (Å²) in [5, 5.41) is 9.45. The fourth-order valence-electron chi connectivity index (χ4n) is 1.82. The van der Waals surface area contributed by atoms with Crippen LogP contribution in [0, 0.1) is 0 Å². The van der Waals surface area contributed by atoms with Crippen LogP contribution in [0.3, 0.4) is 0 Å². The highest BCUT2D eigenvalue weighted by atomic mass is 32.2. The lowest BCUT2D eigenvalue weighted by atomic mass is 10.1. The summed E-state index contributed by atoms with van der Waals surface area (Å²) < 4.78 is 0. The topological polar surface area (TPSA) is 40.5 Å². The van der Waals surface area contributed by atoms with Gasteiger partial charge >= 0.3 is 0 Å². The number of nitrogens with zero attached hydrogens (tertiary/aromatic N) is 1. The van der Waals surface area contributed by atoms with Crippen molar-refractivity contribution < 1.29 is 9.90 Å². The number of piperidine rings is 1. The van der Waals surface area contributed by atoms with Crippen LogP contribution in [0.1, 0.15) is 39.5 Å². The molecule has 1 rings (SSSR count). The molecule has 1 atom stereocenters. The maximum Gasteiger partial charge on any atom is 0.235 e. The average molecular weight is 245 g/mol. The highest BCUT2D eigenvalue weighted by Crippen LogP contribution is 2.18. The standard InChI is InChI=1S/C12H23NO2S/c1-3-4-9-16-10(2)12(15)13-7-5-11(14)6-8-13/h10-11,14H,3-9H2,1-2H3/t10-/m0/s1. The van der Waals surface area contributed by atoms with Gasteiger partial charge in [-0.1, -0.05) is 13.3 Å². The predicted octanol–water partition coefficient (Wildman–Crippen LogP) is 1.89. The van der Waals surface area contributed by atoms with Gasteiger partial charge in [-0.15, -0.1) is 11.8 Å². The Bertz CT molecular complexity index is 215. The van der Waals surface area contributed by atoms with Crippen molar-refractivity contribution >= 4 is 17.7 Å². The minimum absolute atomic E-state index is 0.0711. The van der Waals surface area contributed by atoms with Crippen molar-refractivity contribution in [2.45, 2.75) is 50.9 Å². The first-order valence-corrected chi connectivity index (χ1v) is 7.28. The summed E-state index contributed by atoms with van der Waals surface area (Å²) in [4.78, 5) is 13.9. The molecule has 1 amide bonds.